The number of amides is 1. The number of carbonyl (C=O) groups is 1. The maximum atomic E-state index is 12.7. The van der Waals surface area contributed by atoms with E-state index < -0.39 is 21.5 Å². The molecule has 0 saturated carbocycles. The number of hydrogen-bond acceptors (Lipinski definition) is 3. The minimum atomic E-state index is -3.81. The van der Waals surface area contributed by atoms with Crippen LogP contribution in [0.5, 0.6) is 0 Å². The van der Waals surface area contributed by atoms with Crippen molar-refractivity contribution in [1.29, 1.82) is 0 Å². The molecular formula is C17H14Cl2N2O3S. The molecule has 0 aliphatic heterocycles. The molecule has 1 amide bonds. The molecule has 5 nitrogen and oxygen atoms in total. The number of aryl methyl sites for hydroxylation is 1. The van der Waals surface area contributed by atoms with E-state index in [0.29, 0.717) is 16.1 Å². The predicted octanol–water partition coefficient (Wildman–Crippen LogP) is 3.90. The van der Waals surface area contributed by atoms with Crippen molar-refractivity contribution in [3.8, 4) is 0 Å². The Morgan fingerprint density at radius 2 is 1.88 bits per heavy atom. The van der Waals surface area contributed by atoms with Crippen LogP contribution in [0.3, 0.4) is 0 Å². The topological polar surface area (TPSA) is 68.2 Å². The van der Waals surface area contributed by atoms with Crippen LogP contribution >= 0.6 is 23.2 Å². The molecule has 2 aromatic carbocycles. The van der Waals surface area contributed by atoms with Gasteiger partial charge in [0.05, 0.1) is 15.6 Å². The summed E-state index contributed by atoms with van der Waals surface area (Å²) in [7, 11) is -2.05. The van der Waals surface area contributed by atoms with Crippen LogP contribution in [0.15, 0.2) is 53.6 Å². The second-order valence-electron chi connectivity index (χ2n) is 5.55. The molecule has 0 fully saturated rings. The molecule has 8 heteroatoms. The van der Waals surface area contributed by atoms with Crippen molar-refractivity contribution in [3.05, 3.63) is 58.7 Å². The number of benzene rings is 2. The third-order valence-corrected chi connectivity index (χ3v) is 5.91. The number of halogens is 2. The lowest BCUT2D eigenvalue weighted by Crippen LogP contribution is -2.23. The number of fused-ring (bicyclic) bond motifs is 1. The largest absolute Gasteiger partial charge is 0.349 e. The Morgan fingerprint density at radius 3 is 2.60 bits per heavy atom. The van der Waals surface area contributed by atoms with Gasteiger partial charge < -0.3 is 9.88 Å². The minimum absolute atomic E-state index is 0.128. The van der Waals surface area contributed by atoms with Crippen molar-refractivity contribution < 1.29 is 13.2 Å². The lowest BCUT2D eigenvalue weighted by Gasteiger charge is -2.08. The zero-order valence-electron chi connectivity index (χ0n) is 13.2. The van der Waals surface area contributed by atoms with Crippen molar-refractivity contribution in [3.63, 3.8) is 0 Å². The predicted molar refractivity (Wildman–Crippen MR) is 100 cm³/mol. The van der Waals surface area contributed by atoms with Crippen LogP contribution in [0.25, 0.3) is 10.9 Å². The third-order valence-electron chi connectivity index (χ3n) is 3.72. The van der Waals surface area contributed by atoms with Gasteiger partial charge in [-0.1, -0.05) is 41.4 Å². The van der Waals surface area contributed by atoms with Gasteiger partial charge >= 0.3 is 0 Å². The molecule has 25 heavy (non-hydrogen) atoms. The van der Waals surface area contributed by atoms with Crippen LogP contribution in [-0.4, -0.2) is 24.6 Å². The van der Waals surface area contributed by atoms with E-state index in [0.717, 1.165) is 5.52 Å². The molecule has 1 heterocycles. The third kappa shape index (κ3) is 3.66. The normalized spacial score (nSPS) is 11.6. The van der Waals surface area contributed by atoms with E-state index in [1.165, 1.54) is 18.3 Å². The van der Waals surface area contributed by atoms with Gasteiger partial charge in [-0.2, -0.15) is 0 Å². The summed E-state index contributed by atoms with van der Waals surface area (Å²) < 4.78 is 27.1. The summed E-state index contributed by atoms with van der Waals surface area (Å²) in [4.78, 5) is 12.3. The summed E-state index contributed by atoms with van der Waals surface area (Å²) in [6.45, 7) is 0. The number of nitrogens with one attached hydrogen (secondary N) is 1. The Hall–Kier alpha value is -2.02. The fourth-order valence-electron chi connectivity index (χ4n) is 2.58. The van der Waals surface area contributed by atoms with E-state index in [2.05, 4.69) is 5.32 Å². The van der Waals surface area contributed by atoms with Gasteiger partial charge in [0.2, 0.25) is 5.91 Å². The molecule has 0 aliphatic carbocycles. The summed E-state index contributed by atoms with van der Waals surface area (Å²) >= 11 is 11.8. The van der Waals surface area contributed by atoms with Crippen LogP contribution in [0.1, 0.15) is 0 Å². The van der Waals surface area contributed by atoms with Crippen LogP contribution in [0.2, 0.25) is 10.0 Å². The lowest BCUT2D eigenvalue weighted by molar-refractivity contribution is -0.113. The maximum absolute atomic E-state index is 12.7. The fourth-order valence-corrected chi connectivity index (χ4v) is 4.43. The highest BCUT2D eigenvalue weighted by atomic mass is 35.5. The van der Waals surface area contributed by atoms with Gasteiger partial charge in [0.25, 0.3) is 0 Å². The molecule has 0 saturated heterocycles. The molecular weight excluding hydrogens is 383 g/mol. The standard InChI is InChI=1S/C17H14Cl2N2O3S/c1-21-9-16(12-4-2-3-5-15(12)21)25(23,24)10-17(22)20-14-7-6-11(18)8-13(14)19/h2-9H,10H2,1H3,(H,20,22). The smallest absolute Gasteiger partial charge is 0.240 e. The van der Waals surface area contributed by atoms with Crippen LogP contribution < -0.4 is 5.32 Å². The van der Waals surface area contributed by atoms with Crippen molar-refractivity contribution in [1.82, 2.24) is 4.57 Å². The fraction of sp³-hybridized carbons (Fsp3) is 0.118. The summed E-state index contributed by atoms with van der Waals surface area (Å²) in [6, 6.07) is 11.7. The second-order valence-corrected chi connectivity index (χ2v) is 8.35. The van der Waals surface area contributed by atoms with Crippen LogP contribution in [0, 0.1) is 0 Å². The molecule has 1 N–H and O–H groups in total. The first-order valence-corrected chi connectivity index (χ1v) is 9.70. The summed E-state index contributed by atoms with van der Waals surface area (Å²) in [6.07, 6.45) is 1.52. The van der Waals surface area contributed by atoms with E-state index in [4.69, 9.17) is 23.2 Å². The Morgan fingerprint density at radius 1 is 1.16 bits per heavy atom. The first-order valence-electron chi connectivity index (χ1n) is 7.29. The van der Waals surface area contributed by atoms with Gasteiger partial charge in [0.15, 0.2) is 9.84 Å². The number of nitrogens with zero attached hydrogens (tertiary/aromatic N) is 1. The SMILES string of the molecule is Cn1cc(S(=O)(=O)CC(=O)Nc2ccc(Cl)cc2Cl)c2ccccc21. The second kappa shape index (κ2) is 6.71. The summed E-state index contributed by atoms with van der Waals surface area (Å²) in [5.41, 5.74) is 1.09. The molecule has 1 aromatic heterocycles. The van der Waals surface area contributed by atoms with Gasteiger partial charge in [-0.3, -0.25) is 4.79 Å². The molecule has 3 aromatic rings. The van der Waals surface area contributed by atoms with E-state index in [9.17, 15) is 13.2 Å². The van der Waals surface area contributed by atoms with Gasteiger partial charge in [-0.15, -0.1) is 0 Å². The van der Waals surface area contributed by atoms with Crippen molar-refractivity contribution in [2.75, 3.05) is 11.1 Å². The zero-order chi connectivity index (χ0) is 18.2. The van der Waals surface area contributed by atoms with Gasteiger partial charge in [0.1, 0.15) is 5.75 Å². The maximum Gasteiger partial charge on any atom is 0.240 e. The monoisotopic (exact) mass is 396 g/mol. The molecule has 0 unspecified atom stereocenters. The van der Waals surface area contributed by atoms with Crippen LogP contribution in [0.4, 0.5) is 5.69 Å². The summed E-state index contributed by atoms with van der Waals surface area (Å²) in [5, 5.41) is 3.75. The van der Waals surface area contributed by atoms with Gasteiger partial charge in [-0.25, -0.2) is 8.42 Å². The number of carbonyl (C=O) groups excluding carboxylic acids is 1. The Bertz CT molecular complexity index is 1070. The molecule has 130 valence electrons. The highest BCUT2D eigenvalue weighted by Gasteiger charge is 2.24. The minimum Gasteiger partial charge on any atom is -0.349 e. The van der Waals surface area contributed by atoms with E-state index in [1.807, 2.05) is 12.1 Å². The van der Waals surface area contributed by atoms with Gasteiger partial charge in [-0.05, 0) is 24.3 Å². The number of para-hydroxylation sites is 1. The first-order chi connectivity index (χ1) is 11.8. The van der Waals surface area contributed by atoms with Crippen molar-refractivity contribution in [2.45, 2.75) is 4.90 Å². The molecule has 0 bridgehead atoms. The number of aromatic nitrogens is 1. The number of sulfone groups is 1. The number of rotatable bonds is 4. The van der Waals surface area contributed by atoms with Gasteiger partial charge in [0, 0.05) is 29.2 Å². The molecule has 0 aliphatic rings. The lowest BCUT2D eigenvalue weighted by atomic mass is 10.2. The zero-order valence-corrected chi connectivity index (χ0v) is 15.5. The van der Waals surface area contributed by atoms with E-state index >= 15 is 0 Å². The van der Waals surface area contributed by atoms with E-state index in [-0.39, 0.29) is 9.92 Å². The average molecular weight is 397 g/mol. The first kappa shape index (κ1) is 17.8. The van der Waals surface area contributed by atoms with Crippen molar-refractivity contribution >= 4 is 55.5 Å². The Labute approximate surface area is 155 Å². The molecule has 0 spiro atoms. The molecule has 0 atom stereocenters. The highest BCUT2D eigenvalue weighted by Crippen LogP contribution is 2.27. The Kier molecular flexibility index (Phi) is 4.77. The summed E-state index contributed by atoms with van der Waals surface area (Å²) in [5.74, 6) is -1.35. The quantitative estimate of drug-likeness (QED) is 0.726. The molecule has 3 rings (SSSR count). The highest BCUT2D eigenvalue weighted by molar-refractivity contribution is 7.92. The Balaban J connectivity index is 1.86. The number of anilines is 1. The molecule has 0 radical (unpaired) electrons. The van der Waals surface area contributed by atoms with E-state index in [1.54, 1.807) is 29.8 Å². The van der Waals surface area contributed by atoms with Crippen LogP contribution in [-0.2, 0) is 21.7 Å². The number of hydrogen-bond donors (Lipinski definition) is 1. The average Bonchev–Trinajstić information content (AvgIpc) is 2.88. The van der Waals surface area contributed by atoms with Crippen molar-refractivity contribution in [2.24, 2.45) is 7.05 Å².